The molecule has 3 aromatic carbocycles. The summed E-state index contributed by atoms with van der Waals surface area (Å²) in [4.78, 5) is 70.3. The van der Waals surface area contributed by atoms with E-state index in [1.807, 2.05) is 4.90 Å². The van der Waals surface area contributed by atoms with Crippen molar-refractivity contribution in [2.45, 2.75) is 44.6 Å². The molecule has 0 aliphatic carbocycles. The molecule has 356 valence electrons. The third-order valence-electron chi connectivity index (χ3n) is 12.4. The smallest absolute Gasteiger partial charge is 0.301 e. The maximum Gasteiger partial charge on any atom is 0.301 e. The first-order chi connectivity index (χ1) is 32.7. The minimum atomic E-state index is -4.08. The Labute approximate surface area is 389 Å². The topological polar surface area (TPSA) is 237 Å². The number of hydrogen-bond donors (Lipinski definition) is 3. The minimum absolute atomic E-state index is 0.00588. The molecule has 0 bridgehead atoms. The van der Waals surface area contributed by atoms with Gasteiger partial charge in [-0.25, -0.2) is 23.7 Å². The number of nitrogens with one attached hydrogen (secondary N) is 3. The number of piperazine rings is 1. The number of nitriles is 1. The van der Waals surface area contributed by atoms with Gasteiger partial charge in [-0.15, -0.1) is 0 Å². The van der Waals surface area contributed by atoms with Gasteiger partial charge in [0, 0.05) is 51.9 Å². The van der Waals surface area contributed by atoms with E-state index in [0.29, 0.717) is 75.7 Å². The van der Waals surface area contributed by atoms with E-state index in [2.05, 4.69) is 35.2 Å². The molecular weight excluding hydrogens is 907 g/mol. The van der Waals surface area contributed by atoms with E-state index >= 15 is 8.78 Å². The Morgan fingerprint density at radius 1 is 0.956 bits per heavy atom. The fourth-order valence-corrected chi connectivity index (χ4v) is 9.35. The van der Waals surface area contributed by atoms with Crippen LogP contribution in [0.1, 0.15) is 49.7 Å². The predicted octanol–water partition coefficient (Wildman–Crippen LogP) is 3.48. The number of benzene rings is 3. The third kappa shape index (κ3) is 9.88. The SMILES string of the molecule is CCN(C)S(=O)(=O)Nc1ccc(F)c(Oc2ccc3ncn(-c4cnc(N5CCN(C(=O)CN6CCC(c7ccc(N[C@H]8CCC(=O)NC8=O)cc7F)CC6)CC5)nc4)c(=O)c3c2OC)c1C#N. The van der Waals surface area contributed by atoms with Crippen molar-refractivity contribution in [2.75, 3.05) is 81.5 Å². The second kappa shape index (κ2) is 19.9. The Hall–Kier alpha value is -7.29. The van der Waals surface area contributed by atoms with Gasteiger partial charge in [-0.3, -0.25) is 38.7 Å². The van der Waals surface area contributed by atoms with Crippen molar-refractivity contribution in [3.05, 3.63) is 94.3 Å². The number of hydrogen-bond acceptors (Lipinski definition) is 15. The summed E-state index contributed by atoms with van der Waals surface area (Å²) in [5.41, 5.74) is 0.301. The van der Waals surface area contributed by atoms with Crippen LogP contribution in [0.2, 0.25) is 0 Å². The minimum Gasteiger partial charge on any atom is -0.492 e. The van der Waals surface area contributed by atoms with Crippen LogP contribution in [-0.4, -0.2) is 132 Å². The molecule has 3 fully saturated rings. The van der Waals surface area contributed by atoms with Gasteiger partial charge in [-0.1, -0.05) is 13.0 Å². The van der Waals surface area contributed by atoms with Gasteiger partial charge in [0.2, 0.25) is 23.7 Å². The molecule has 0 saturated carbocycles. The average Bonchev–Trinajstić information content (AvgIpc) is 3.33. The number of anilines is 3. The summed E-state index contributed by atoms with van der Waals surface area (Å²) >= 11 is 0. The van der Waals surface area contributed by atoms with Gasteiger partial charge < -0.3 is 24.6 Å². The van der Waals surface area contributed by atoms with Gasteiger partial charge in [-0.05, 0) is 80.2 Å². The van der Waals surface area contributed by atoms with Gasteiger partial charge in [-0.2, -0.15) is 18.0 Å². The lowest BCUT2D eigenvalue weighted by atomic mass is 9.89. The highest BCUT2D eigenvalue weighted by Gasteiger charge is 2.30. The van der Waals surface area contributed by atoms with Crippen LogP contribution < -0.4 is 35.3 Å². The van der Waals surface area contributed by atoms with Crippen molar-refractivity contribution < 1.29 is 41.1 Å². The van der Waals surface area contributed by atoms with Crippen LogP contribution >= 0.6 is 0 Å². The Bertz CT molecular complexity index is 2970. The molecule has 3 aliphatic heterocycles. The molecule has 0 unspecified atom stereocenters. The van der Waals surface area contributed by atoms with Crippen molar-refractivity contribution in [3.8, 4) is 29.0 Å². The monoisotopic (exact) mass is 954 g/mol. The number of rotatable bonds is 14. The van der Waals surface area contributed by atoms with Crippen LogP contribution in [0.5, 0.6) is 17.2 Å². The number of methoxy groups -OCH3 is 1. The number of carbonyl (C=O) groups excluding carboxylic acids is 3. The molecule has 2 aromatic heterocycles. The number of fused-ring (bicyclic) bond motifs is 1. The lowest BCUT2D eigenvalue weighted by Gasteiger charge is -2.37. The number of carbonyl (C=O) groups is 3. The largest absolute Gasteiger partial charge is 0.492 e. The van der Waals surface area contributed by atoms with E-state index in [1.54, 1.807) is 30.0 Å². The lowest BCUT2D eigenvalue weighted by Crippen LogP contribution is -2.52. The molecule has 5 heterocycles. The van der Waals surface area contributed by atoms with Gasteiger partial charge in [0.05, 0.1) is 42.9 Å². The zero-order valence-corrected chi connectivity index (χ0v) is 38.2. The number of piperidine rings is 2. The number of imide groups is 1. The van der Waals surface area contributed by atoms with Gasteiger partial charge in [0.15, 0.2) is 23.1 Å². The highest BCUT2D eigenvalue weighted by Crippen LogP contribution is 2.40. The van der Waals surface area contributed by atoms with E-state index in [9.17, 15) is 32.9 Å². The summed E-state index contributed by atoms with van der Waals surface area (Å²) in [6.45, 7) is 5.08. The Balaban J connectivity index is 0.872. The van der Waals surface area contributed by atoms with Crippen molar-refractivity contribution in [2.24, 2.45) is 0 Å². The zero-order chi connectivity index (χ0) is 48.3. The molecule has 3 N–H and O–H groups in total. The first-order valence-corrected chi connectivity index (χ1v) is 23.3. The molecule has 20 nitrogen and oxygen atoms in total. The maximum atomic E-state index is 15.3. The normalized spacial score (nSPS) is 17.2. The Kier molecular flexibility index (Phi) is 13.8. The van der Waals surface area contributed by atoms with E-state index in [1.165, 1.54) is 55.6 Å². The van der Waals surface area contributed by atoms with Crippen LogP contribution in [-0.2, 0) is 24.6 Å². The van der Waals surface area contributed by atoms with E-state index in [0.717, 1.165) is 16.4 Å². The van der Waals surface area contributed by atoms with Crippen LogP contribution in [0.3, 0.4) is 0 Å². The summed E-state index contributed by atoms with van der Waals surface area (Å²) in [5, 5.41) is 15.3. The zero-order valence-electron chi connectivity index (χ0n) is 37.4. The van der Waals surface area contributed by atoms with Crippen molar-refractivity contribution in [1.29, 1.82) is 5.26 Å². The quantitative estimate of drug-likeness (QED) is 0.135. The molecule has 3 aliphatic rings. The summed E-state index contributed by atoms with van der Waals surface area (Å²) in [7, 11) is -1.47. The van der Waals surface area contributed by atoms with Gasteiger partial charge in [0.25, 0.3) is 5.56 Å². The molecule has 23 heteroatoms. The first-order valence-electron chi connectivity index (χ1n) is 21.9. The maximum absolute atomic E-state index is 15.3. The van der Waals surface area contributed by atoms with Crippen LogP contribution in [0.15, 0.2) is 66.0 Å². The third-order valence-corrected chi connectivity index (χ3v) is 13.9. The molecule has 0 radical (unpaired) electrons. The number of nitrogens with zero attached hydrogens (tertiary/aromatic N) is 9. The molecule has 8 rings (SSSR count). The highest BCUT2D eigenvalue weighted by molar-refractivity contribution is 7.90. The number of aromatic nitrogens is 4. The molecule has 3 amide bonds. The van der Waals surface area contributed by atoms with E-state index in [4.69, 9.17) is 9.47 Å². The van der Waals surface area contributed by atoms with Crippen LogP contribution in [0.25, 0.3) is 16.6 Å². The Morgan fingerprint density at radius 2 is 1.69 bits per heavy atom. The second-order valence-corrected chi connectivity index (χ2v) is 18.3. The number of amides is 3. The van der Waals surface area contributed by atoms with Crippen molar-refractivity contribution in [3.63, 3.8) is 0 Å². The molecular formula is C45H48F2N12O8S. The highest BCUT2D eigenvalue weighted by atomic mass is 32.2. The molecule has 5 aromatic rings. The van der Waals surface area contributed by atoms with Crippen molar-refractivity contribution >= 4 is 56.2 Å². The first kappa shape index (κ1) is 47.2. The van der Waals surface area contributed by atoms with Crippen molar-refractivity contribution in [1.82, 2.24) is 38.9 Å². The van der Waals surface area contributed by atoms with Crippen LogP contribution in [0, 0.1) is 23.0 Å². The van der Waals surface area contributed by atoms with Gasteiger partial charge in [0.1, 0.15) is 35.2 Å². The number of ether oxygens (including phenoxy) is 2. The molecule has 0 spiro atoms. The summed E-state index contributed by atoms with van der Waals surface area (Å²) in [5.74, 6) is -2.56. The molecule has 68 heavy (non-hydrogen) atoms. The fraction of sp³-hybridized carbons (Fsp3) is 0.378. The fourth-order valence-electron chi connectivity index (χ4n) is 8.41. The lowest BCUT2D eigenvalue weighted by molar-refractivity contribution is -0.134. The number of likely N-dealkylation sites (tertiary alicyclic amines) is 1. The van der Waals surface area contributed by atoms with E-state index in [-0.39, 0.29) is 76.8 Å². The molecule has 3 saturated heterocycles. The number of halogens is 2. The molecule has 1 atom stereocenters. The predicted molar refractivity (Wildman–Crippen MR) is 245 cm³/mol. The summed E-state index contributed by atoms with van der Waals surface area (Å²) in [6, 6.07) is 11.0. The van der Waals surface area contributed by atoms with Crippen LogP contribution in [0.4, 0.5) is 26.1 Å². The summed E-state index contributed by atoms with van der Waals surface area (Å²) in [6.07, 6.45) is 6.15. The standard InChI is InChI=1S/C45H48F2N12O8S/c1-4-55(2)68(64,65)54-34-8-7-32(46)41(31(34)22-48)67-37-11-9-35-40(42(37)66-3)44(63)59(26-51-35)29-23-49-45(50-24-29)58-19-17-57(18-20-58)39(61)25-56-15-13-27(14-16-56)30-6-5-28(21-33(30)47)52-36-10-12-38(60)53-43(36)62/h5-9,11,21,23-24,26-27,36,52,54H,4,10,12-20,25H2,1-3H3,(H,53,60,62)/t36-/m0/s1. The second-order valence-electron chi connectivity index (χ2n) is 16.5. The summed E-state index contributed by atoms with van der Waals surface area (Å²) < 4.78 is 71.9. The average molecular weight is 955 g/mol. The van der Waals surface area contributed by atoms with Gasteiger partial charge >= 0.3 is 10.2 Å². The Morgan fingerprint density at radius 3 is 2.35 bits per heavy atom. The van der Waals surface area contributed by atoms with E-state index < -0.39 is 44.8 Å².